The van der Waals surface area contributed by atoms with Gasteiger partial charge >= 0.3 is 0 Å². The summed E-state index contributed by atoms with van der Waals surface area (Å²) in [5, 5.41) is 1.17. The van der Waals surface area contributed by atoms with Crippen LogP contribution in [-0.2, 0) is 16.6 Å². The highest BCUT2D eigenvalue weighted by Gasteiger charge is 2.27. The summed E-state index contributed by atoms with van der Waals surface area (Å²) in [6.45, 7) is 2.76. The molecule has 150 valence electrons. The van der Waals surface area contributed by atoms with Crippen LogP contribution in [0.1, 0.15) is 23.5 Å². The van der Waals surface area contributed by atoms with Crippen LogP contribution in [0.15, 0.2) is 48.7 Å². The van der Waals surface area contributed by atoms with Gasteiger partial charge < -0.3 is 23.7 Å². The number of morpholine rings is 1. The maximum Gasteiger partial charge on any atom is 0.231 e. The van der Waals surface area contributed by atoms with E-state index in [1.54, 1.807) is 0 Å². The number of benzene rings is 2. The molecular formula is C23H24N2O4. The molecule has 2 aliphatic heterocycles. The van der Waals surface area contributed by atoms with Gasteiger partial charge in [0.1, 0.15) is 0 Å². The van der Waals surface area contributed by atoms with Gasteiger partial charge in [-0.2, -0.15) is 0 Å². The highest BCUT2D eigenvalue weighted by Crippen LogP contribution is 2.40. The summed E-state index contributed by atoms with van der Waals surface area (Å²) in [6.07, 6.45) is 2.56. The predicted octanol–water partition coefficient (Wildman–Crippen LogP) is 3.29. The van der Waals surface area contributed by atoms with E-state index in [0.717, 1.165) is 28.1 Å². The Balaban J connectivity index is 1.56. The Morgan fingerprint density at radius 2 is 1.86 bits per heavy atom. The topological polar surface area (TPSA) is 52.9 Å². The van der Waals surface area contributed by atoms with Crippen molar-refractivity contribution in [2.45, 2.75) is 12.3 Å². The zero-order chi connectivity index (χ0) is 19.8. The second-order valence-electron chi connectivity index (χ2n) is 7.58. The minimum absolute atomic E-state index is 0.0639. The van der Waals surface area contributed by atoms with Gasteiger partial charge in [0.25, 0.3) is 0 Å². The summed E-state index contributed by atoms with van der Waals surface area (Å²) in [7, 11) is 2.05. The van der Waals surface area contributed by atoms with Crippen LogP contribution in [0.25, 0.3) is 10.9 Å². The Hall–Kier alpha value is -2.99. The summed E-state index contributed by atoms with van der Waals surface area (Å²) in [5.74, 6) is 1.59. The molecule has 3 heterocycles. The van der Waals surface area contributed by atoms with Gasteiger partial charge in [-0.1, -0.05) is 24.3 Å². The smallest absolute Gasteiger partial charge is 0.231 e. The standard InChI is InChI=1S/C23H24N2O4/c1-24-14-19(17-4-2-3-5-20(17)24)18(13-23(26)25-8-10-27-11-9-25)16-6-7-21-22(12-16)29-15-28-21/h2-7,12,14,18H,8-11,13,15H2,1H3. The molecule has 2 aliphatic rings. The molecule has 3 aromatic rings. The lowest BCUT2D eigenvalue weighted by atomic mass is 9.87. The number of hydrogen-bond donors (Lipinski definition) is 0. The summed E-state index contributed by atoms with van der Waals surface area (Å²) in [5.41, 5.74) is 3.38. The zero-order valence-corrected chi connectivity index (χ0v) is 16.5. The number of ether oxygens (including phenoxy) is 3. The molecule has 0 spiro atoms. The van der Waals surface area contributed by atoms with E-state index in [-0.39, 0.29) is 18.6 Å². The Labute approximate surface area is 169 Å². The molecule has 0 bridgehead atoms. The van der Waals surface area contributed by atoms with E-state index in [1.807, 2.05) is 42.3 Å². The number of amides is 1. The van der Waals surface area contributed by atoms with Gasteiger partial charge in [-0.05, 0) is 29.3 Å². The van der Waals surface area contributed by atoms with Crippen molar-refractivity contribution in [3.63, 3.8) is 0 Å². The minimum Gasteiger partial charge on any atom is -0.454 e. The largest absolute Gasteiger partial charge is 0.454 e. The monoisotopic (exact) mass is 392 g/mol. The summed E-state index contributed by atoms with van der Waals surface area (Å²) >= 11 is 0. The first-order valence-corrected chi connectivity index (χ1v) is 10.00. The van der Waals surface area contributed by atoms with Crippen molar-refractivity contribution in [1.29, 1.82) is 0 Å². The number of rotatable bonds is 4. The van der Waals surface area contributed by atoms with Crippen molar-refractivity contribution >= 4 is 16.8 Å². The Morgan fingerprint density at radius 1 is 1.07 bits per heavy atom. The first-order chi connectivity index (χ1) is 14.2. The average molecular weight is 392 g/mol. The first-order valence-electron chi connectivity index (χ1n) is 10.00. The number of nitrogens with zero attached hydrogens (tertiary/aromatic N) is 2. The highest BCUT2D eigenvalue weighted by atomic mass is 16.7. The number of fused-ring (bicyclic) bond motifs is 2. The zero-order valence-electron chi connectivity index (χ0n) is 16.5. The molecule has 1 aromatic heterocycles. The van der Waals surface area contributed by atoms with Gasteiger partial charge in [-0.15, -0.1) is 0 Å². The number of aryl methyl sites for hydroxylation is 1. The predicted molar refractivity (Wildman–Crippen MR) is 109 cm³/mol. The quantitative estimate of drug-likeness (QED) is 0.684. The minimum atomic E-state index is -0.0639. The molecule has 6 nitrogen and oxygen atoms in total. The molecule has 2 aromatic carbocycles. The van der Waals surface area contributed by atoms with Crippen LogP contribution in [0, 0.1) is 0 Å². The maximum absolute atomic E-state index is 13.1. The third-order valence-corrected chi connectivity index (χ3v) is 5.84. The van der Waals surface area contributed by atoms with E-state index in [4.69, 9.17) is 14.2 Å². The summed E-state index contributed by atoms with van der Waals surface area (Å²) < 4.78 is 18.6. The second kappa shape index (κ2) is 7.44. The Bertz CT molecular complexity index is 1050. The van der Waals surface area contributed by atoms with Crippen LogP contribution in [0.2, 0.25) is 0 Å². The number of carbonyl (C=O) groups excluding carboxylic acids is 1. The molecule has 0 saturated carbocycles. The molecule has 0 N–H and O–H groups in total. The normalized spacial score (nSPS) is 16.9. The molecule has 1 saturated heterocycles. The third kappa shape index (κ3) is 3.34. The second-order valence-corrected chi connectivity index (χ2v) is 7.58. The van der Waals surface area contributed by atoms with Crippen molar-refractivity contribution in [3.8, 4) is 11.5 Å². The third-order valence-electron chi connectivity index (χ3n) is 5.84. The molecule has 0 aliphatic carbocycles. The molecular weight excluding hydrogens is 368 g/mol. The number of hydrogen-bond acceptors (Lipinski definition) is 4. The molecule has 5 rings (SSSR count). The van der Waals surface area contributed by atoms with Crippen molar-refractivity contribution in [3.05, 3.63) is 59.8 Å². The van der Waals surface area contributed by atoms with Crippen LogP contribution in [0.4, 0.5) is 0 Å². The van der Waals surface area contributed by atoms with Crippen LogP contribution in [-0.4, -0.2) is 48.5 Å². The summed E-state index contributed by atoms with van der Waals surface area (Å²) in [4.78, 5) is 15.1. The molecule has 1 fully saturated rings. The lowest BCUT2D eigenvalue weighted by molar-refractivity contribution is -0.135. The molecule has 1 amide bonds. The Kier molecular flexibility index (Phi) is 4.64. The van der Waals surface area contributed by atoms with E-state index < -0.39 is 0 Å². The number of carbonyl (C=O) groups is 1. The van der Waals surface area contributed by atoms with Gasteiger partial charge in [0, 0.05) is 49.6 Å². The maximum atomic E-state index is 13.1. The molecule has 0 radical (unpaired) electrons. The van der Waals surface area contributed by atoms with E-state index in [9.17, 15) is 4.79 Å². The van der Waals surface area contributed by atoms with Crippen LogP contribution >= 0.6 is 0 Å². The van der Waals surface area contributed by atoms with Crippen molar-refractivity contribution < 1.29 is 19.0 Å². The SMILES string of the molecule is Cn1cc(C(CC(=O)N2CCOCC2)c2ccc3c(c2)OCO3)c2ccccc21. The fraction of sp³-hybridized carbons (Fsp3) is 0.348. The molecule has 1 unspecified atom stereocenters. The molecule has 29 heavy (non-hydrogen) atoms. The van der Waals surface area contributed by atoms with Crippen molar-refractivity contribution in [2.75, 3.05) is 33.1 Å². The van der Waals surface area contributed by atoms with Crippen LogP contribution in [0.3, 0.4) is 0 Å². The lowest BCUT2D eigenvalue weighted by Gasteiger charge is -2.28. The van der Waals surface area contributed by atoms with Gasteiger partial charge in [-0.3, -0.25) is 4.79 Å². The molecule has 6 heteroatoms. The van der Waals surface area contributed by atoms with Crippen molar-refractivity contribution in [2.24, 2.45) is 7.05 Å². The molecule has 1 atom stereocenters. The van der Waals surface area contributed by atoms with Gasteiger partial charge in [0.15, 0.2) is 11.5 Å². The number of aromatic nitrogens is 1. The van der Waals surface area contributed by atoms with Crippen LogP contribution in [0.5, 0.6) is 11.5 Å². The fourth-order valence-corrected chi connectivity index (χ4v) is 4.30. The van der Waals surface area contributed by atoms with Gasteiger partial charge in [-0.25, -0.2) is 0 Å². The first kappa shape index (κ1) is 18.1. The van der Waals surface area contributed by atoms with E-state index in [1.165, 1.54) is 5.39 Å². The summed E-state index contributed by atoms with van der Waals surface area (Å²) in [6, 6.07) is 14.3. The van der Waals surface area contributed by atoms with Crippen LogP contribution < -0.4 is 9.47 Å². The van der Waals surface area contributed by atoms with E-state index >= 15 is 0 Å². The van der Waals surface area contributed by atoms with Crippen molar-refractivity contribution in [1.82, 2.24) is 9.47 Å². The average Bonchev–Trinajstić information content (AvgIpc) is 3.37. The lowest BCUT2D eigenvalue weighted by Crippen LogP contribution is -2.41. The van der Waals surface area contributed by atoms with Gasteiger partial charge in [0.2, 0.25) is 12.7 Å². The highest BCUT2D eigenvalue weighted by molar-refractivity contribution is 5.86. The van der Waals surface area contributed by atoms with E-state index in [0.29, 0.717) is 32.7 Å². The number of para-hydroxylation sites is 1. The fourth-order valence-electron chi connectivity index (χ4n) is 4.30. The van der Waals surface area contributed by atoms with E-state index in [2.05, 4.69) is 22.9 Å². The van der Waals surface area contributed by atoms with Gasteiger partial charge in [0.05, 0.1) is 13.2 Å². The Morgan fingerprint density at radius 3 is 2.72 bits per heavy atom.